The van der Waals surface area contributed by atoms with Gasteiger partial charge in [-0.15, -0.1) is 11.3 Å². The minimum absolute atomic E-state index is 0.587. The Balaban J connectivity index is 1.96. The van der Waals surface area contributed by atoms with E-state index in [4.69, 9.17) is 0 Å². The molecular formula is C16H20OS. The van der Waals surface area contributed by atoms with Crippen molar-refractivity contribution >= 4 is 21.4 Å². The summed E-state index contributed by atoms with van der Waals surface area (Å²) in [5.74, 6) is 0.813. The molecule has 0 aliphatic heterocycles. The fourth-order valence-electron chi connectivity index (χ4n) is 3.19. The lowest BCUT2D eigenvalue weighted by atomic mass is 9.74. The highest BCUT2D eigenvalue weighted by Crippen LogP contribution is 2.43. The molecule has 0 saturated heterocycles. The highest BCUT2D eigenvalue weighted by molar-refractivity contribution is 7.17. The van der Waals surface area contributed by atoms with Crippen LogP contribution in [-0.2, 0) is 5.60 Å². The molecular weight excluding hydrogens is 240 g/mol. The molecule has 2 heteroatoms. The molecule has 1 saturated carbocycles. The molecule has 1 aliphatic carbocycles. The molecule has 0 bridgehead atoms. The molecule has 96 valence electrons. The highest BCUT2D eigenvalue weighted by atomic mass is 32.1. The van der Waals surface area contributed by atoms with Gasteiger partial charge < -0.3 is 5.11 Å². The van der Waals surface area contributed by atoms with E-state index in [0.29, 0.717) is 0 Å². The summed E-state index contributed by atoms with van der Waals surface area (Å²) in [6.07, 6.45) is 5.41. The van der Waals surface area contributed by atoms with E-state index in [0.717, 1.165) is 37.2 Å². The van der Waals surface area contributed by atoms with Crippen molar-refractivity contribution in [1.82, 2.24) is 0 Å². The second-order valence-corrected chi connectivity index (χ2v) is 6.44. The fraction of sp³-hybridized carbons (Fsp3) is 0.500. The Hall–Kier alpha value is -0.860. The molecule has 3 rings (SSSR count). The minimum atomic E-state index is -0.587. The third kappa shape index (κ3) is 1.98. The first-order valence-electron chi connectivity index (χ1n) is 6.92. The molecule has 0 spiro atoms. The van der Waals surface area contributed by atoms with Gasteiger partial charge in [0.25, 0.3) is 0 Å². The summed E-state index contributed by atoms with van der Waals surface area (Å²) in [6, 6.07) is 8.47. The maximum atomic E-state index is 11.0. The first-order chi connectivity index (χ1) is 8.73. The van der Waals surface area contributed by atoms with Crippen LogP contribution in [0.1, 0.15) is 44.6 Å². The lowest BCUT2D eigenvalue weighted by Crippen LogP contribution is -2.31. The molecule has 1 nitrogen and oxygen atoms in total. The number of fused-ring (bicyclic) bond motifs is 1. The second kappa shape index (κ2) is 4.67. The standard InChI is InChI=1S/C16H20OS/c1-2-12-6-9-16(17,10-7-12)14-5-3-4-13-8-11-18-15(13)14/h3-5,8,11-12,17H,2,6-7,9-10H2,1H3. The van der Waals surface area contributed by atoms with Crippen molar-refractivity contribution in [2.75, 3.05) is 0 Å². The Labute approximate surface area is 112 Å². The van der Waals surface area contributed by atoms with E-state index in [9.17, 15) is 5.11 Å². The molecule has 0 atom stereocenters. The first kappa shape index (κ1) is 12.2. The summed E-state index contributed by atoms with van der Waals surface area (Å²) >= 11 is 1.75. The molecule has 1 fully saturated rings. The molecule has 0 amide bonds. The number of rotatable bonds is 2. The third-order valence-corrected chi connectivity index (χ3v) is 5.45. The van der Waals surface area contributed by atoms with Gasteiger partial charge in [-0.1, -0.05) is 31.5 Å². The fourth-order valence-corrected chi connectivity index (χ4v) is 4.20. The predicted octanol–water partition coefficient (Wildman–Crippen LogP) is 4.69. The smallest absolute Gasteiger partial charge is 0.0910 e. The number of benzene rings is 1. The largest absolute Gasteiger partial charge is 0.385 e. The van der Waals surface area contributed by atoms with E-state index >= 15 is 0 Å². The summed E-state index contributed by atoms with van der Waals surface area (Å²) in [4.78, 5) is 0. The maximum Gasteiger partial charge on any atom is 0.0910 e. The van der Waals surface area contributed by atoms with Gasteiger partial charge in [-0.25, -0.2) is 0 Å². The molecule has 0 unspecified atom stereocenters. The second-order valence-electron chi connectivity index (χ2n) is 5.53. The van der Waals surface area contributed by atoms with Crippen molar-refractivity contribution in [1.29, 1.82) is 0 Å². The predicted molar refractivity (Wildman–Crippen MR) is 78.0 cm³/mol. The normalized spacial score (nSPS) is 28.7. The van der Waals surface area contributed by atoms with Gasteiger partial charge in [0.2, 0.25) is 0 Å². The summed E-state index contributed by atoms with van der Waals surface area (Å²) in [5, 5.41) is 14.4. The molecule has 1 heterocycles. The van der Waals surface area contributed by atoms with Crippen molar-refractivity contribution < 1.29 is 5.11 Å². The van der Waals surface area contributed by atoms with Gasteiger partial charge in [-0.2, -0.15) is 0 Å². The van der Waals surface area contributed by atoms with Gasteiger partial charge in [-0.05, 0) is 48.4 Å². The Morgan fingerprint density at radius 3 is 2.78 bits per heavy atom. The van der Waals surface area contributed by atoms with Crippen LogP contribution in [0.3, 0.4) is 0 Å². The lowest BCUT2D eigenvalue weighted by Gasteiger charge is -2.36. The summed E-state index contributed by atoms with van der Waals surface area (Å²) in [7, 11) is 0. The van der Waals surface area contributed by atoms with Crippen molar-refractivity contribution in [3.63, 3.8) is 0 Å². The van der Waals surface area contributed by atoms with E-state index in [1.807, 2.05) is 0 Å². The Bertz CT molecular complexity index is 535. The SMILES string of the molecule is CCC1CCC(O)(c2cccc3ccsc23)CC1. The van der Waals surface area contributed by atoms with Crippen LogP contribution in [0.25, 0.3) is 10.1 Å². The Kier molecular flexibility index (Phi) is 3.16. The van der Waals surface area contributed by atoms with E-state index in [2.05, 4.69) is 36.6 Å². The van der Waals surface area contributed by atoms with Crippen LogP contribution in [0.4, 0.5) is 0 Å². The van der Waals surface area contributed by atoms with Crippen LogP contribution in [0, 0.1) is 5.92 Å². The molecule has 0 radical (unpaired) electrons. The molecule has 18 heavy (non-hydrogen) atoms. The zero-order valence-electron chi connectivity index (χ0n) is 10.9. The highest BCUT2D eigenvalue weighted by Gasteiger charge is 2.35. The van der Waals surface area contributed by atoms with Crippen molar-refractivity contribution in [3.05, 3.63) is 35.2 Å². The van der Waals surface area contributed by atoms with Crippen LogP contribution in [0.5, 0.6) is 0 Å². The zero-order valence-corrected chi connectivity index (χ0v) is 11.7. The Morgan fingerprint density at radius 1 is 1.28 bits per heavy atom. The van der Waals surface area contributed by atoms with Gasteiger partial charge >= 0.3 is 0 Å². The van der Waals surface area contributed by atoms with Crippen LogP contribution in [-0.4, -0.2) is 5.11 Å². The van der Waals surface area contributed by atoms with Gasteiger partial charge in [0.15, 0.2) is 0 Å². The molecule has 1 aromatic heterocycles. The van der Waals surface area contributed by atoms with Crippen LogP contribution >= 0.6 is 11.3 Å². The van der Waals surface area contributed by atoms with Crippen LogP contribution < -0.4 is 0 Å². The summed E-state index contributed by atoms with van der Waals surface area (Å²) in [6.45, 7) is 2.26. The van der Waals surface area contributed by atoms with Gasteiger partial charge in [0.05, 0.1) is 5.60 Å². The van der Waals surface area contributed by atoms with Crippen LogP contribution in [0.15, 0.2) is 29.6 Å². The van der Waals surface area contributed by atoms with E-state index in [1.54, 1.807) is 11.3 Å². The molecule has 2 aromatic rings. The topological polar surface area (TPSA) is 20.2 Å². The van der Waals surface area contributed by atoms with E-state index < -0.39 is 5.60 Å². The quantitative estimate of drug-likeness (QED) is 0.830. The van der Waals surface area contributed by atoms with Gasteiger partial charge in [-0.3, -0.25) is 0 Å². The van der Waals surface area contributed by atoms with Crippen molar-refractivity contribution in [3.8, 4) is 0 Å². The maximum absolute atomic E-state index is 11.0. The number of aliphatic hydroxyl groups is 1. The number of hydrogen-bond donors (Lipinski definition) is 1. The van der Waals surface area contributed by atoms with E-state index in [1.165, 1.54) is 16.5 Å². The minimum Gasteiger partial charge on any atom is -0.385 e. The van der Waals surface area contributed by atoms with Crippen molar-refractivity contribution in [2.24, 2.45) is 5.92 Å². The zero-order chi connectivity index (χ0) is 12.6. The van der Waals surface area contributed by atoms with Gasteiger partial charge in [0.1, 0.15) is 0 Å². The lowest BCUT2D eigenvalue weighted by molar-refractivity contribution is -0.0131. The van der Waals surface area contributed by atoms with E-state index in [-0.39, 0.29) is 0 Å². The number of hydrogen-bond acceptors (Lipinski definition) is 2. The Morgan fingerprint density at radius 2 is 2.06 bits per heavy atom. The van der Waals surface area contributed by atoms with Crippen molar-refractivity contribution in [2.45, 2.75) is 44.6 Å². The van der Waals surface area contributed by atoms with Gasteiger partial charge in [0, 0.05) is 10.3 Å². The molecule has 1 aliphatic rings. The average molecular weight is 260 g/mol. The number of thiophene rings is 1. The average Bonchev–Trinajstić information content (AvgIpc) is 2.87. The third-order valence-electron chi connectivity index (χ3n) is 4.49. The summed E-state index contributed by atoms with van der Waals surface area (Å²) in [5.41, 5.74) is 0.570. The first-order valence-corrected chi connectivity index (χ1v) is 7.80. The summed E-state index contributed by atoms with van der Waals surface area (Å²) < 4.78 is 1.27. The molecule has 1 N–H and O–H groups in total. The molecule has 1 aromatic carbocycles. The van der Waals surface area contributed by atoms with Crippen LogP contribution in [0.2, 0.25) is 0 Å². The monoisotopic (exact) mass is 260 g/mol.